The van der Waals surface area contributed by atoms with Crippen molar-refractivity contribution in [2.45, 2.75) is 27.7 Å². The summed E-state index contributed by atoms with van der Waals surface area (Å²) in [6.45, 7) is 8.46. The molecule has 0 aliphatic rings. The molecule has 1 radical (unpaired) electrons. The second-order valence-corrected chi connectivity index (χ2v) is 17.7. The smallest absolute Gasteiger partial charge is 0.268 e. The molecule has 0 spiro atoms. The molecular formula is C66H52IrN7-3. The van der Waals surface area contributed by atoms with Crippen molar-refractivity contribution < 1.29 is 29.2 Å². The zero-order valence-corrected chi connectivity index (χ0v) is 44.0. The number of hydrogen-bond acceptors (Lipinski definition) is 2. The third-order valence-electron chi connectivity index (χ3n) is 12.2. The van der Waals surface area contributed by atoms with E-state index in [2.05, 4.69) is 280 Å². The number of hydrogen-bond donors (Lipinski definition) is 0. The summed E-state index contributed by atoms with van der Waals surface area (Å²) in [6, 6.07) is 86.0. The minimum atomic E-state index is 0. The Hall–Kier alpha value is -8.81. The van der Waals surface area contributed by atoms with Gasteiger partial charge in [-0.05, 0) is 83.9 Å². The molecule has 0 aliphatic heterocycles. The predicted octanol–water partition coefficient (Wildman–Crippen LogP) is 13.7. The van der Waals surface area contributed by atoms with Gasteiger partial charge in [-0.3, -0.25) is 14.1 Å². The Labute approximate surface area is 447 Å². The van der Waals surface area contributed by atoms with Crippen LogP contribution in [0.2, 0.25) is 0 Å². The molecule has 0 atom stereocenters. The number of imidazole rings is 2. The fraction of sp³-hybridized carbons (Fsp3) is 0.0606. The molecular weight excluding hydrogens is 1080 g/mol. The van der Waals surface area contributed by atoms with Crippen LogP contribution in [0.3, 0.4) is 0 Å². The van der Waals surface area contributed by atoms with E-state index in [0.717, 1.165) is 79.2 Å². The fourth-order valence-electron chi connectivity index (χ4n) is 8.80. The Bertz CT molecular complexity index is 3280. The van der Waals surface area contributed by atoms with Crippen LogP contribution in [0.4, 0.5) is 0 Å². The van der Waals surface area contributed by atoms with Crippen LogP contribution in [0.5, 0.6) is 0 Å². The van der Waals surface area contributed by atoms with Crippen LogP contribution >= 0.6 is 0 Å². The molecule has 0 saturated heterocycles. The number of nitrogens with zero attached hydrogens (tertiary/aromatic N) is 7. The van der Waals surface area contributed by atoms with E-state index in [1.165, 1.54) is 22.3 Å². The molecule has 0 aliphatic carbocycles. The van der Waals surface area contributed by atoms with Crippen LogP contribution in [0.1, 0.15) is 22.3 Å². The third-order valence-corrected chi connectivity index (χ3v) is 12.2. The second-order valence-electron chi connectivity index (χ2n) is 17.7. The van der Waals surface area contributed by atoms with Crippen molar-refractivity contribution >= 4 is 0 Å². The van der Waals surface area contributed by atoms with Crippen LogP contribution in [-0.2, 0) is 20.1 Å². The fourth-order valence-corrected chi connectivity index (χ4v) is 8.80. The molecule has 12 aromatic rings. The molecule has 8 heteroatoms. The zero-order chi connectivity index (χ0) is 49.9. The van der Waals surface area contributed by atoms with E-state index in [1.54, 1.807) is 12.4 Å². The molecule has 4 aromatic heterocycles. The quantitative estimate of drug-likeness (QED) is 0.107. The molecule has 7 nitrogen and oxygen atoms in total. The first-order valence-electron chi connectivity index (χ1n) is 24.3. The van der Waals surface area contributed by atoms with Crippen molar-refractivity contribution in [2.24, 2.45) is 0 Å². The molecule has 0 fully saturated rings. The van der Waals surface area contributed by atoms with Crippen LogP contribution in [0, 0.1) is 52.5 Å². The largest absolute Gasteiger partial charge is 0.574 e. The standard InChI is InChI=1S/2C29H23N2.C8H6N3.Ir/c2*1-22-11-9-17-26(19-22)30-21-31(27-18-10-12-23(2)20-27)29(25-15-7-4-8-16-25)28(30)24-13-5-3-6-14-24;1-2-5-9-7(3-1)8-4-6-10-11-8;/h2*3-17,19-20H,1-2H3;1-6H;/q3*-1;. The first kappa shape index (κ1) is 50.1. The summed E-state index contributed by atoms with van der Waals surface area (Å²) in [6.07, 6.45) is 10.7. The normalized spacial score (nSPS) is 10.6. The second kappa shape index (κ2) is 23.6. The Morgan fingerprint density at radius 1 is 0.405 bits per heavy atom. The summed E-state index contributed by atoms with van der Waals surface area (Å²) in [5, 5.41) is 7.58. The molecule has 4 heterocycles. The van der Waals surface area contributed by atoms with Crippen LogP contribution in [-0.4, -0.2) is 19.2 Å². The molecule has 8 aromatic carbocycles. The van der Waals surface area contributed by atoms with Gasteiger partial charge in [0.1, 0.15) is 0 Å². The van der Waals surface area contributed by atoms with Crippen LogP contribution < -0.4 is 14.2 Å². The van der Waals surface area contributed by atoms with Gasteiger partial charge in [0.05, 0.1) is 34.2 Å². The van der Waals surface area contributed by atoms with Gasteiger partial charge in [-0.1, -0.05) is 188 Å². The summed E-state index contributed by atoms with van der Waals surface area (Å²) < 4.78 is 8.60. The van der Waals surface area contributed by atoms with Gasteiger partial charge in [-0.25, -0.2) is 0 Å². The van der Waals surface area contributed by atoms with Gasteiger partial charge in [0.15, 0.2) is 0 Å². The minimum Gasteiger partial charge on any atom is -0.574 e. The Morgan fingerprint density at radius 2 is 0.824 bits per heavy atom. The van der Waals surface area contributed by atoms with Gasteiger partial charge in [0.25, 0.3) is 12.7 Å². The molecule has 0 amide bonds. The maximum Gasteiger partial charge on any atom is 0.268 e. The van der Waals surface area contributed by atoms with E-state index in [0.29, 0.717) is 0 Å². The van der Waals surface area contributed by atoms with E-state index >= 15 is 0 Å². The predicted molar refractivity (Wildman–Crippen MR) is 291 cm³/mol. The number of benzene rings is 8. The Balaban J connectivity index is 0.000000149. The molecule has 0 unspecified atom stereocenters. The van der Waals surface area contributed by atoms with Crippen molar-refractivity contribution in [2.75, 3.05) is 0 Å². The van der Waals surface area contributed by atoms with Gasteiger partial charge >= 0.3 is 0 Å². The molecule has 0 N–H and O–H groups in total. The van der Waals surface area contributed by atoms with Crippen molar-refractivity contribution in [3.05, 3.63) is 290 Å². The van der Waals surface area contributed by atoms with Crippen molar-refractivity contribution in [3.63, 3.8) is 0 Å². The summed E-state index contributed by atoms with van der Waals surface area (Å²) in [7, 11) is 0. The topological polar surface area (TPSA) is 57.5 Å². The molecule has 363 valence electrons. The Morgan fingerprint density at radius 3 is 1.20 bits per heavy atom. The zero-order valence-electron chi connectivity index (χ0n) is 41.6. The maximum absolute atomic E-state index is 4.12. The van der Waals surface area contributed by atoms with E-state index < -0.39 is 0 Å². The van der Waals surface area contributed by atoms with Crippen molar-refractivity contribution in [1.82, 2.24) is 24.3 Å². The SMILES string of the molecule is Cc1cc[c-]c(-n2[c-][n+](-c3cccc(C)c3)c(-c3ccccc3)c2-c2ccccc2)c1.Cc1cc[c-]c(-n2[c-][n+](-c3cccc(C)c3)c(-c3ccccc3)c2-c2ccccc2)c1.[Ir].c1ccc(-c2ccn[n-]2)nc1. The van der Waals surface area contributed by atoms with Gasteiger partial charge in [0.2, 0.25) is 0 Å². The third kappa shape index (κ3) is 11.4. The van der Waals surface area contributed by atoms with Crippen molar-refractivity contribution in [3.8, 4) is 79.2 Å². The average Bonchev–Trinajstić information content (AvgIpc) is 4.22. The first-order chi connectivity index (χ1) is 35.9. The van der Waals surface area contributed by atoms with E-state index in [9.17, 15) is 0 Å². The van der Waals surface area contributed by atoms with E-state index in [1.807, 2.05) is 36.4 Å². The number of rotatable bonds is 9. The van der Waals surface area contributed by atoms with E-state index in [-0.39, 0.29) is 20.1 Å². The maximum atomic E-state index is 4.12. The van der Waals surface area contributed by atoms with Gasteiger partial charge < -0.3 is 19.3 Å². The van der Waals surface area contributed by atoms with Crippen molar-refractivity contribution in [1.29, 1.82) is 0 Å². The average molecular weight is 1140 g/mol. The summed E-state index contributed by atoms with van der Waals surface area (Å²) >= 11 is 0. The molecule has 12 rings (SSSR count). The summed E-state index contributed by atoms with van der Waals surface area (Å²) in [5.74, 6) is 0. The van der Waals surface area contributed by atoms with Gasteiger partial charge in [-0.2, -0.15) is 59.7 Å². The monoisotopic (exact) mass is 1140 g/mol. The number of aromatic nitrogens is 7. The van der Waals surface area contributed by atoms with E-state index in [4.69, 9.17) is 0 Å². The first-order valence-corrected chi connectivity index (χ1v) is 24.3. The molecule has 74 heavy (non-hydrogen) atoms. The van der Waals surface area contributed by atoms with Crippen LogP contribution in [0.15, 0.2) is 243 Å². The van der Waals surface area contributed by atoms with Crippen LogP contribution in [0.25, 0.3) is 79.2 Å². The number of pyridine rings is 1. The Kier molecular flexibility index (Phi) is 16.0. The number of aryl methyl sites for hydroxylation is 4. The summed E-state index contributed by atoms with van der Waals surface area (Å²) in [4.78, 5) is 4.12. The molecule has 0 saturated carbocycles. The summed E-state index contributed by atoms with van der Waals surface area (Å²) in [5.41, 5.74) is 19.6. The minimum absolute atomic E-state index is 0. The van der Waals surface area contributed by atoms with Gasteiger partial charge in [0, 0.05) is 38.2 Å². The van der Waals surface area contributed by atoms with Gasteiger partial charge in [-0.15, -0.1) is 0 Å². The molecule has 0 bridgehead atoms.